The second-order valence-electron chi connectivity index (χ2n) is 7.16. The zero-order valence-electron chi connectivity index (χ0n) is 15.0. The van der Waals surface area contributed by atoms with Crippen molar-refractivity contribution in [1.29, 1.82) is 0 Å². The van der Waals surface area contributed by atoms with Crippen LogP contribution in [0.4, 0.5) is 4.79 Å². The predicted molar refractivity (Wildman–Crippen MR) is 94.8 cm³/mol. The van der Waals surface area contributed by atoms with Crippen molar-refractivity contribution in [2.75, 3.05) is 13.1 Å². The number of nitrogens with two attached hydrogens (primary N) is 1. The summed E-state index contributed by atoms with van der Waals surface area (Å²) in [7, 11) is 0. The van der Waals surface area contributed by atoms with Crippen LogP contribution < -0.4 is 16.4 Å². The van der Waals surface area contributed by atoms with Crippen molar-refractivity contribution in [3.8, 4) is 0 Å². The third-order valence-electron chi connectivity index (χ3n) is 4.19. The molecule has 7 nitrogen and oxygen atoms in total. The Morgan fingerprint density at radius 1 is 1.40 bits per heavy atom. The van der Waals surface area contributed by atoms with Gasteiger partial charge in [-0.2, -0.15) is 0 Å². The summed E-state index contributed by atoms with van der Waals surface area (Å²) in [5.74, 6) is -0.0833. The van der Waals surface area contributed by atoms with E-state index in [0.717, 1.165) is 16.9 Å². The summed E-state index contributed by atoms with van der Waals surface area (Å²) in [5.41, 5.74) is 6.57. The van der Waals surface area contributed by atoms with E-state index in [4.69, 9.17) is 5.73 Å². The molecule has 1 heterocycles. The first kappa shape index (κ1) is 18.9. The molecule has 0 aliphatic carbocycles. The van der Waals surface area contributed by atoms with Gasteiger partial charge in [0.1, 0.15) is 0 Å². The standard InChI is InChI=1S/C18H26N4O3/c1-12(2)8-18(3,11-19)21-16(24)14-6-4-5-13(7-14)10-22-15(23)9-20-17(22)25/h4-7,12H,8-11,19H2,1-3H3,(H,20,25)(H,21,24). The van der Waals surface area contributed by atoms with Gasteiger partial charge in [-0.15, -0.1) is 0 Å². The zero-order valence-corrected chi connectivity index (χ0v) is 15.0. The maximum atomic E-state index is 12.6. The number of benzene rings is 1. The fraction of sp³-hybridized carbons (Fsp3) is 0.500. The van der Waals surface area contributed by atoms with Gasteiger partial charge in [0, 0.05) is 17.6 Å². The largest absolute Gasteiger partial charge is 0.346 e. The normalized spacial score (nSPS) is 16.8. The molecule has 1 fully saturated rings. The monoisotopic (exact) mass is 346 g/mol. The molecular formula is C18H26N4O3. The molecule has 2 rings (SSSR count). The maximum Gasteiger partial charge on any atom is 0.324 e. The van der Waals surface area contributed by atoms with Crippen molar-refractivity contribution < 1.29 is 14.4 Å². The van der Waals surface area contributed by atoms with Gasteiger partial charge in [-0.1, -0.05) is 26.0 Å². The van der Waals surface area contributed by atoms with Crippen LogP contribution >= 0.6 is 0 Å². The summed E-state index contributed by atoms with van der Waals surface area (Å²) in [6, 6.07) is 6.52. The van der Waals surface area contributed by atoms with Crippen LogP contribution in [0.1, 0.15) is 43.1 Å². The first-order valence-corrected chi connectivity index (χ1v) is 8.44. The number of carbonyl (C=O) groups is 3. The second kappa shape index (κ2) is 7.65. The lowest BCUT2D eigenvalue weighted by atomic mass is 9.90. The van der Waals surface area contributed by atoms with Gasteiger partial charge in [-0.3, -0.25) is 14.5 Å². The molecule has 136 valence electrons. The van der Waals surface area contributed by atoms with E-state index in [1.807, 2.05) is 6.92 Å². The average Bonchev–Trinajstić information content (AvgIpc) is 2.86. The van der Waals surface area contributed by atoms with Crippen molar-refractivity contribution >= 4 is 17.8 Å². The molecule has 1 saturated heterocycles. The Hall–Kier alpha value is -2.41. The van der Waals surface area contributed by atoms with Crippen molar-refractivity contribution in [3.63, 3.8) is 0 Å². The molecule has 1 aromatic carbocycles. The van der Waals surface area contributed by atoms with Crippen LogP contribution in [0.25, 0.3) is 0 Å². The van der Waals surface area contributed by atoms with E-state index >= 15 is 0 Å². The van der Waals surface area contributed by atoms with E-state index in [1.165, 1.54) is 0 Å². The number of amides is 4. The molecule has 4 N–H and O–H groups in total. The van der Waals surface area contributed by atoms with E-state index in [1.54, 1.807) is 24.3 Å². The van der Waals surface area contributed by atoms with Crippen LogP contribution in [-0.4, -0.2) is 41.4 Å². The van der Waals surface area contributed by atoms with Gasteiger partial charge in [0.05, 0.1) is 13.1 Å². The molecule has 1 aliphatic heterocycles. The molecule has 1 unspecified atom stereocenters. The first-order chi connectivity index (χ1) is 11.7. The van der Waals surface area contributed by atoms with Crippen LogP contribution in [-0.2, 0) is 11.3 Å². The third-order valence-corrected chi connectivity index (χ3v) is 4.19. The first-order valence-electron chi connectivity index (χ1n) is 8.44. The highest BCUT2D eigenvalue weighted by Crippen LogP contribution is 2.17. The smallest absolute Gasteiger partial charge is 0.324 e. The molecule has 1 aliphatic rings. The highest BCUT2D eigenvalue weighted by atomic mass is 16.2. The topological polar surface area (TPSA) is 105 Å². The van der Waals surface area contributed by atoms with Crippen LogP contribution in [0.15, 0.2) is 24.3 Å². The van der Waals surface area contributed by atoms with Crippen LogP contribution in [0.3, 0.4) is 0 Å². The molecule has 25 heavy (non-hydrogen) atoms. The number of imide groups is 1. The number of hydrogen-bond acceptors (Lipinski definition) is 4. The number of urea groups is 1. The van der Waals surface area contributed by atoms with Gasteiger partial charge >= 0.3 is 6.03 Å². The Morgan fingerprint density at radius 2 is 2.12 bits per heavy atom. The lowest BCUT2D eigenvalue weighted by Gasteiger charge is -2.31. The number of nitrogens with zero attached hydrogens (tertiary/aromatic N) is 1. The van der Waals surface area contributed by atoms with Gasteiger partial charge in [0.2, 0.25) is 5.91 Å². The average molecular weight is 346 g/mol. The van der Waals surface area contributed by atoms with Gasteiger partial charge in [0.25, 0.3) is 5.91 Å². The maximum absolute atomic E-state index is 12.6. The van der Waals surface area contributed by atoms with E-state index in [2.05, 4.69) is 24.5 Å². The fourth-order valence-corrected chi connectivity index (χ4v) is 3.04. The lowest BCUT2D eigenvalue weighted by Crippen LogP contribution is -2.52. The summed E-state index contributed by atoms with van der Waals surface area (Å²) >= 11 is 0. The van der Waals surface area contributed by atoms with E-state index in [0.29, 0.717) is 18.0 Å². The van der Waals surface area contributed by atoms with Crippen LogP contribution in [0.2, 0.25) is 0 Å². The Bertz CT molecular complexity index is 658. The Labute approximate surface area is 147 Å². The molecule has 4 amide bonds. The number of nitrogens with one attached hydrogen (secondary N) is 2. The van der Waals surface area contributed by atoms with Crippen molar-refractivity contribution in [2.45, 2.75) is 39.3 Å². The van der Waals surface area contributed by atoms with Gasteiger partial charge in [-0.25, -0.2) is 4.79 Å². The predicted octanol–water partition coefficient (Wildman–Crippen LogP) is 1.23. The summed E-state index contributed by atoms with van der Waals surface area (Å²) in [6.45, 7) is 6.60. The molecule has 1 atom stereocenters. The summed E-state index contributed by atoms with van der Waals surface area (Å²) < 4.78 is 0. The summed E-state index contributed by atoms with van der Waals surface area (Å²) in [6.07, 6.45) is 0.775. The summed E-state index contributed by atoms with van der Waals surface area (Å²) in [5, 5.41) is 5.48. The quantitative estimate of drug-likeness (QED) is 0.646. The Morgan fingerprint density at radius 3 is 2.68 bits per heavy atom. The third kappa shape index (κ3) is 4.79. The van der Waals surface area contributed by atoms with E-state index in [-0.39, 0.29) is 24.9 Å². The fourth-order valence-electron chi connectivity index (χ4n) is 3.04. The lowest BCUT2D eigenvalue weighted by molar-refractivity contribution is -0.125. The molecule has 0 aromatic heterocycles. The minimum absolute atomic E-state index is 0.0169. The van der Waals surface area contributed by atoms with E-state index < -0.39 is 11.6 Å². The Kier molecular flexibility index (Phi) is 5.79. The molecule has 7 heteroatoms. The number of carbonyl (C=O) groups excluding carboxylic acids is 3. The number of rotatable bonds is 7. The molecular weight excluding hydrogens is 320 g/mol. The van der Waals surface area contributed by atoms with E-state index in [9.17, 15) is 14.4 Å². The van der Waals surface area contributed by atoms with Crippen LogP contribution in [0, 0.1) is 5.92 Å². The summed E-state index contributed by atoms with van der Waals surface area (Å²) in [4.78, 5) is 37.1. The Balaban J connectivity index is 2.11. The molecule has 0 bridgehead atoms. The molecule has 1 aromatic rings. The van der Waals surface area contributed by atoms with Gasteiger partial charge in [-0.05, 0) is 37.0 Å². The molecule has 0 spiro atoms. The minimum atomic E-state index is -0.480. The second-order valence-corrected chi connectivity index (χ2v) is 7.16. The minimum Gasteiger partial charge on any atom is -0.346 e. The van der Waals surface area contributed by atoms with Gasteiger partial charge < -0.3 is 16.4 Å². The van der Waals surface area contributed by atoms with Crippen molar-refractivity contribution in [1.82, 2.24) is 15.5 Å². The van der Waals surface area contributed by atoms with Gasteiger partial charge in [0.15, 0.2) is 0 Å². The van der Waals surface area contributed by atoms with Crippen molar-refractivity contribution in [2.24, 2.45) is 11.7 Å². The zero-order chi connectivity index (χ0) is 18.6. The molecule has 0 saturated carbocycles. The molecule has 0 radical (unpaired) electrons. The highest BCUT2D eigenvalue weighted by molar-refractivity contribution is 6.02. The highest BCUT2D eigenvalue weighted by Gasteiger charge is 2.29. The van der Waals surface area contributed by atoms with Crippen molar-refractivity contribution in [3.05, 3.63) is 35.4 Å². The SMILES string of the molecule is CC(C)CC(C)(CN)NC(=O)c1cccc(CN2C(=O)CNC2=O)c1. The van der Waals surface area contributed by atoms with Crippen LogP contribution in [0.5, 0.6) is 0 Å². The number of hydrogen-bond donors (Lipinski definition) is 3.